The summed E-state index contributed by atoms with van der Waals surface area (Å²) in [5, 5.41) is 0. The van der Waals surface area contributed by atoms with Gasteiger partial charge in [-0.25, -0.2) is 4.98 Å². The summed E-state index contributed by atoms with van der Waals surface area (Å²) in [6.45, 7) is 4.07. The molecule has 0 aliphatic carbocycles. The molecule has 1 aromatic rings. The van der Waals surface area contributed by atoms with Gasteiger partial charge >= 0.3 is 0 Å². The Morgan fingerprint density at radius 2 is 2.12 bits per heavy atom. The summed E-state index contributed by atoms with van der Waals surface area (Å²) in [6, 6.07) is 0. The van der Waals surface area contributed by atoms with Gasteiger partial charge in [-0.2, -0.15) is 0 Å². The first kappa shape index (κ1) is 5.56. The molecule has 0 atom stereocenters. The number of hydrogen-bond acceptors (Lipinski definition) is 1. The Morgan fingerprint density at radius 1 is 1.50 bits per heavy atom. The van der Waals surface area contributed by atoms with E-state index >= 15 is 0 Å². The molecule has 0 spiro atoms. The third-order valence-electron chi connectivity index (χ3n) is 1.25. The fourth-order valence-corrected chi connectivity index (χ4v) is 1.44. The van der Waals surface area contributed by atoms with Gasteiger partial charge in [-0.05, 0) is 13.8 Å². The van der Waals surface area contributed by atoms with E-state index in [9.17, 15) is 0 Å². The quantitative estimate of drug-likeness (QED) is 0.445. The summed E-state index contributed by atoms with van der Waals surface area (Å²) in [5.41, 5.74) is 3.48. The minimum Gasteiger partial charge on any atom is -0.351 e. The van der Waals surface area contributed by atoms with Gasteiger partial charge in [0.15, 0.2) is 0 Å². The summed E-state index contributed by atoms with van der Waals surface area (Å²) in [5.74, 6) is 0. The van der Waals surface area contributed by atoms with Crippen LogP contribution in [0.25, 0.3) is 0 Å². The number of aromatic nitrogens is 2. The van der Waals surface area contributed by atoms with Crippen LogP contribution in [0.4, 0.5) is 0 Å². The summed E-state index contributed by atoms with van der Waals surface area (Å²) in [4.78, 5) is 7.37. The van der Waals surface area contributed by atoms with E-state index in [1.54, 1.807) is 0 Å². The zero-order valence-electron chi connectivity index (χ0n) is 5.45. The first-order valence-electron chi connectivity index (χ1n) is 2.70. The highest BCUT2D eigenvalue weighted by Crippen LogP contribution is 1.92. The smallest absolute Gasteiger partial charge is 0.0839 e. The maximum absolute atomic E-state index is 4.22. The van der Waals surface area contributed by atoms with Gasteiger partial charge in [-0.1, -0.05) is 0 Å². The van der Waals surface area contributed by atoms with E-state index in [0.717, 1.165) is 21.4 Å². The van der Waals surface area contributed by atoms with Crippen molar-refractivity contribution < 1.29 is 0 Å². The van der Waals surface area contributed by atoms with Gasteiger partial charge in [0, 0.05) is 5.69 Å². The lowest BCUT2D eigenvalue weighted by Gasteiger charge is -1.79. The molecule has 0 aliphatic heterocycles. The van der Waals surface area contributed by atoms with Crippen LogP contribution in [0.2, 0.25) is 0 Å². The van der Waals surface area contributed by atoms with Crippen molar-refractivity contribution in [2.45, 2.75) is 13.8 Å². The van der Waals surface area contributed by atoms with Crippen LogP contribution in [-0.4, -0.2) is 20.2 Å². The predicted octanol–water partition coefficient (Wildman–Crippen LogP) is -0.983. The second kappa shape index (κ2) is 1.74. The minimum absolute atomic E-state index is 1.03. The Morgan fingerprint density at radius 3 is 2.25 bits per heavy atom. The largest absolute Gasteiger partial charge is 0.351 e. The molecular formula is C5H10N2Si. The van der Waals surface area contributed by atoms with Crippen LogP contribution in [-0.2, 0) is 0 Å². The molecule has 0 aromatic carbocycles. The maximum atomic E-state index is 4.22. The first-order chi connectivity index (χ1) is 3.70. The third kappa shape index (κ3) is 0.814. The number of aryl methyl sites for hydroxylation is 2. The number of rotatable bonds is 0. The van der Waals surface area contributed by atoms with Gasteiger partial charge < -0.3 is 4.98 Å². The molecule has 0 aliphatic rings. The van der Waals surface area contributed by atoms with Crippen LogP contribution in [0.5, 0.6) is 0 Å². The summed E-state index contributed by atoms with van der Waals surface area (Å²) in [6.07, 6.45) is 0. The van der Waals surface area contributed by atoms with Gasteiger partial charge in [0.1, 0.15) is 0 Å². The van der Waals surface area contributed by atoms with Crippen molar-refractivity contribution in [3.63, 3.8) is 0 Å². The van der Waals surface area contributed by atoms with Crippen molar-refractivity contribution in [1.29, 1.82) is 0 Å². The van der Waals surface area contributed by atoms with Crippen LogP contribution in [0, 0.1) is 13.8 Å². The Hall–Kier alpha value is -0.573. The minimum atomic E-state index is 1.03. The van der Waals surface area contributed by atoms with Crippen LogP contribution in [0.3, 0.4) is 0 Å². The van der Waals surface area contributed by atoms with Crippen molar-refractivity contribution in [1.82, 2.24) is 9.97 Å². The van der Waals surface area contributed by atoms with E-state index in [0.29, 0.717) is 0 Å². The number of imidazole rings is 1. The standard InChI is InChI=1S/C5H10N2Si/c1-3-4(2)7-5(8)6-3/h1-2,8H3,(H,6,7). The van der Waals surface area contributed by atoms with Gasteiger partial charge in [0.25, 0.3) is 0 Å². The molecule has 8 heavy (non-hydrogen) atoms. The normalized spacial score (nSPS) is 10.2. The Labute approximate surface area is 51.8 Å². The first-order valence-corrected chi connectivity index (χ1v) is 3.70. The van der Waals surface area contributed by atoms with Crippen molar-refractivity contribution in [2.24, 2.45) is 0 Å². The van der Waals surface area contributed by atoms with Crippen LogP contribution < -0.4 is 5.45 Å². The van der Waals surface area contributed by atoms with Crippen molar-refractivity contribution >= 4 is 15.7 Å². The van der Waals surface area contributed by atoms with Gasteiger partial charge in [-0.15, -0.1) is 0 Å². The summed E-state index contributed by atoms with van der Waals surface area (Å²) >= 11 is 0. The van der Waals surface area contributed by atoms with Crippen LogP contribution >= 0.6 is 0 Å². The average Bonchev–Trinajstić information content (AvgIpc) is 1.85. The molecule has 2 nitrogen and oxygen atoms in total. The van der Waals surface area contributed by atoms with Gasteiger partial charge in [0.2, 0.25) is 0 Å². The Bertz CT molecular complexity index is 173. The molecule has 3 heteroatoms. The molecule has 0 saturated heterocycles. The summed E-state index contributed by atoms with van der Waals surface area (Å²) in [7, 11) is 1.03. The molecule has 1 heterocycles. The number of aromatic amines is 1. The van der Waals surface area contributed by atoms with Crippen molar-refractivity contribution in [3.05, 3.63) is 11.4 Å². The van der Waals surface area contributed by atoms with Crippen LogP contribution in [0.15, 0.2) is 0 Å². The molecule has 1 N–H and O–H groups in total. The lowest BCUT2D eigenvalue weighted by molar-refractivity contribution is 1.22. The van der Waals surface area contributed by atoms with E-state index in [-0.39, 0.29) is 0 Å². The highest BCUT2D eigenvalue weighted by molar-refractivity contribution is 6.29. The molecule has 1 aromatic heterocycles. The third-order valence-corrected chi connectivity index (χ3v) is 1.72. The van der Waals surface area contributed by atoms with Crippen LogP contribution in [0.1, 0.15) is 11.4 Å². The van der Waals surface area contributed by atoms with E-state index in [2.05, 4.69) is 9.97 Å². The number of hydrogen-bond donors (Lipinski definition) is 1. The molecular weight excluding hydrogens is 116 g/mol. The van der Waals surface area contributed by atoms with Gasteiger partial charge in [-0.3, -0.25) is 0 Å². The molecule has 0 fully saturated rings. The van der Waals surface area contributed by atoms with E-state index < -0.39 is 0 Å². The monoisotopic (exact) mass is 126 g/mol. The molecule has 0 saturated carbocycles. The maximum Gasteiger partial charge on any atom is 0.0839 e. The second-order valence-electron chi connectivity index (χ2n) is 2.03. The lowest BCUT2D eigenvalue weighted by atomic mass is 10.4. The highest BCUT2D eigenvalue weighted by Gasteiger charge is 1.93. The van der Waals surface area contributed by atoms with Crippen molar-refractivity contribution in [2.75, 3.05) is 0 Å². The number of nitrogens with one attached hydrogen (secondary N) is 1. The zero-order chi connectivity index (χ0) is 6.15. The predicted molar refractivity (Wildman–Crippen MR) is 37.6 cm³/mol. The number of nitrogens with zero attached hydrogens (tertiary/aromatic N) is 1. The van der Waals surface area contributed by atoms with E-state index in [1.165, 1.54) is 5.69 Å². The summed E-state index contributed by atoms with van der Waals surface area (Å²) < 4.78 is 0. The molecule has 0 bridgehead atoms. The van der Waals surface area contributed by atoms with E-state index in [1.807, 2.05) is 13.8 Å². The van der Waals surface area contributed by atoms with Crippen molar-refractivity contribution in [3.8, 4) is 0 Å². The van der Waals surface area contributed by atoms with Gasteiger partial charge in [0.05, 0.1) is 21.4 Å². The Kier molecular flexibility index (Phi) is 1.21. The topological polar surface area (TPSA) is 28.7 Å². The number of H-pyrrole nitrogens is 1. The highest BCUT2D eigenvalue weighted by atomic mass is 28.1. The lowest BCUT2D eigenvalue weighted by Crippen LogP contribution is -2.05. The average molecular weight is 126 g/mol. The molecule has 0 amide bonds. The molecule has 0 unspecified atom stereocenters. The fourth-order valence-electron chi connectivity index (χ4n) is 0.725. The molecule has 0 radical (unpaired) electrons. The Balaban J connectivity index is 3.14. The fraction of sp³-hybridized carbons (Fsp3) is 0.400. The SMILES string of the molecule is Cc1nc([SiH3])[nH]c1C. The van der Waals surface area contributed by atoms with E-state index in [4.69, 9.17) is 0 Å². The zero-order valence-corrected chi connectivity index (χ0v) is 7.45. The second-order valence-corrected chi connectivity index (χ2v) is 2.98. The molecule has 1 rings (SSSR count). The molecule has 44 valence electrons.